The summed E-state index contributed by atoms with van der Waals surface area (Å²) in [6.07, 6.45) is 5.25. The summed E-state index contributed by atoms with van der Waals surface area (Å²) in [5.41, 5.74) is 9.50. The molecule has 1 aliphatic rings. The lowest BCUT2D eigenvalue weighted by Crippen LogP contribution is -2.41. The van der Waals surface area contributed by atoms with Crippen LogP contribution in [0.3, 0.4) is 0 Å². The van der Waals surface area contributed by atoms with Gasteiger partial charge < -0.3 is 20.3 Å². The number of aromatic nitrogens is 5. The molecule has 3 aromatic heterocycles. The Morgan fingerprint density at radius 3 is 2.80 bits per heavy atom. The first kappa shape index (κ1) is 29.6. The van der Waals surface area contributed by atoms with Gasteiger partial charge in [-0.3, -0.25) is 19.3 Å². The number of hydrogen-bond acceptors (Lipinski definition) is 10. The summed E-state index contributed by atoms with van der Waals surface area (Å²) in [6.45, 7) is 4.16. The Morgan fingerprint density at radius 1 is 1.34 bits per heavy atom. The molecule has 2 unspecified atom stereocenters. The molecular weight excluding hydrogens is 536 g/mol. The zero-order valence-electron chi connectivity index (χ0n) is 23.3. The molecule has 3 N–H and O–H groups in total. The average molecular weight is 570 g/mol. The molecule has 1 aliphatic heterocycles. The molecule has 0 radical (unpaired) electrons. The highest BCUT2D eigenvalue weighted by molar-refractivity contribution is 6.05. The maximum absolute atomic E-state index is 13.8. The molecule has 0 saturated heterocycles. The SMILES string of the molecule is Cc1nn(C)c2c1-c1cn3c(ncc3cn1)/C=C/C(=C(/N)OCC#N)C(=NC(C)CO)CN(CC(F)F)CC(C)O2. The summed E-state index contributed by atoms with van der Waals surface area (Å²) in [4.78, 5) is 15.2. The van der Waals surface area contributed by atoms with Crippen molar-refractivity contribution in [2.45, 2.75) is 39.3 Å². The Morgan fingerprint density at radius 2 is 2.10 bits per heavy atom. The van der Waals surface area contributed by atoms with Crippen molar-refractivity contribution in [3.05, 3.63) is 47.6 Å². The van der Waals surface area contributed by atoms with Gasteiger partial charge in [0, 0.05) is 26.3 Å². The summed E-state index contributed by atoms with van der Waals surface area (Å²) in [5, 5.41) is 23.3. The fourth-order valence-electron chi connectivity index (χ4n) is 4.61. The van der Waals surface area contributed by atoms with Crippen LogP contribution in [0.1, 0.15) is 25.4 Å². The van der Waals surface area contributed by atoms with E-state index in [4.69, 9.17) is 20.5 Å². The third-order valence-corrected chi connectivity index (χ3v) is 6.37. The van der Waals surface area contributed by atoms with Crippen LogP contribution in [0.4, 0.5) is 8.78 Å². The van der Waals surface area contributed by atoms with Crippen LogP contribution in [0.25, 0.3) is 22.9 Å². The topological polar surface area (TPSA) is 152 Å². The number of alkyl halides is 2. The quantitative estimate of drug-likeness (QED) is 0.426. The highest BCUT2D eigenvalue weighted by atomic mass is 19.3. The first-order valence-corrected chi connectivity index (χ1v) is 13.0. The van der Waals surface area contributed by atoms with Crippen LogP contribution < -0.4 is 10.5 Å². The van der Waals surface area contributed by atoms with Crippen molar-refractivity contribution >= 4 is 17.3 Å². The monoisotopic (exact) mass is 569 g/mol. The van der Waals surface area contributed by atoms with E-state index in [2.05, 4.69) is 20.1 Å². The van der Waals surface area contributed by atoms with E-state index in [0.29, 0.717) is 34.4 Å². The highest BCUT2D eigenvalue weighted by Gasteiger charge is 2.25. The normalized spacial score (nSPS) is 20.3. The van der Waals surface area contributed by atoms with Crippen LogP contribution in [-0.4, -0.2) is 91.3 Å². The van der Waals surface area contributed by atoms with Crippen LogP contribution in [-0.2, 0) is 11.8 Å². The predicted molar refractivity (Wildman–Crippen MR) is 148 cm³/mol. The number of aliphatic hydroxyl groups is 1. The van der Waals surface area contributed by atoms with Gasteiger partial charge in [0.05, 0.1) is 65.3 Å². The minimum absolute atomic E-state index is 0.0672. The van der Waals surface area contributed by atoms with Crippen molar-refractivity contribution < 1.29 is 23.4 Å². The maximum atomic E-state index is 13.8. The lowest BCUT2D eigenvalue weighted by Gasteiger charge is -2.27. The van der Waals surface area contributed by atoms with Gasteiger partial charge in [-0.05, 0) is 32.9 Å². The number of nitrogens with two attached hydrogens (primary N) is 1. The smallest absolute Gasteiger partial charge is 0.251 e. The van der Waals surface area contributed by atoms with Crippen LogP contribution >= 0.6 is 0 Å². The number of halogens is 2. The molecule has 0 aliphatic carbocycles. The summed E-state index contributed by atoms with van der Waals surface area (Å²) in [7, 11) is 1.75. The number of nitriles is 1. The number of hydrogen-bond donors (Lipinski definition) is 2. The van der Waals surface area contributed by atoms with Crippen LogP contribution in [0.2, 0.25) is 0 Å². The van der Waals surface area contributed by atoms with E-state index in [1.54, 1.807) is 50.1 Å². The summed E-state index contributed by atoms with van der Waals surface area (Å²) < 4.78 is 42.7. The Bertz CT molecular complexity index is 1520. The first-order chi connectivity index (χ1) is 19.6. The number of aliphatic imine (C=N–C) groups is 1. The Labute approximate surface area is 236 Å². The largest absolute Gasteiger partial charge is 0.473 e. The number of rotatable bonds is 6. The van der Waals surface area contributed by atoms with Crippen LogP contribution in [0.15, 0.2) is 41.1 Å². The number of allylic oxidation sites excluding steroid dienone is 1. The second-order valence-corrected chi connectivity index (χ2v) is 9.75. The molecule has 4 heterocycles. The van der Waals surface area contributed by atoms with Gasteiger partial charge in [-0.15, -0.1) is 0 Å². The predicted octanol–water partition coefficient (Wildman–Crippen LogP) is 2.33. The van der Waals surface area contributed by atoms with E-state index >= 15 is 0 Å². The molecule has 41 heavy (non-hydrogen) atoms. The van der Waals surface area contributed by atoms with E-state index < -0.39 is 25.1 Å². The lowest BCUT2D eigenvalue weighted by atomic mass is 10.1. The highest BCUT2D eigenvalue weighted by Crippen LogP contribution is 2.33. The molecule has 14 heteroatoms. The maximum Gasteiger partial charge on any atom is 0.251 e. The number of imidazole rings is 1. The summed E-state index contributed by atoms with van der Waals surface area (Å²) in [5.74, 6) is 0.846. The fourth-order valence-corrected chi connectivity index (χ4v) is 4.61. The molecule has 218 valence electrons. The molecular formula is C27H33F2N9O3. The van der Waals surface area contributed by atoms with Crippen LogP contribution in [0.5, 0.6) is 5.88 Å². The first-order valence-electron chi connectivity index (χ1n) is 13.0. The van der Waals surface area contributed by atoms with Crippen molar-refractivity contribution in [3.63, 3.8) is 0 Å². The number of aliphatic hydroxyl groups excluding tert-OH is 1. The minimum Gasteiger partial charge on any atom is -0.473 e. The van der Waals surface area contributed by atoms with Crippen molar-refractivity contribution in [1.82, 2.24) is 29.0 Å². The number of ether oxygens (including phenoxy) is 2. The third kappa shape index (κ3) is 6.87. The number of aryl methyl sites for hydroxylation is 2. The fraction of sp³-hybridized carbons (Fsp3) is 0.444. The van der Waals surface area contributed by atoms with E-state index in [-0.39, 0.29) is 37.8 Å². The molecule has 3 aromatic rings. The second-order valence-electron chi connectivity index (χ2n) is 9.75. The second kappa shape index (κ2) is 12.9. The zero-order chi connectivity index (χ0) is 29.7. The van der Waals surface area contributed by atoms with Crippen molar-refractivity contribution in [1.29, 1.82) is 5.26 Å². The van der Waals surface area contributed by atoms with Gasteiger partial charge >= 0.3 is 0 Å². The molecule has 4 rings (SSSR count). The molecule has 0 fully saturated rings. The molecule has 12 nitrogen and oxygen atoms in total. The van der Waals surface area contributed by atoms with E-state index in [0.717, 1.165) is 5.52 Å². The summed E-state index contributed by atoms with van der Waals surface area (Å²) in [6, 6.07) is 1.30. The van der Waals surface area contributed by atoms with E-state index in [1.807, 2.05) is 23.6 Å². The lowest BCUT2D eigenvalue weighted by molar-refractivity contribution is 0.0722. The van der Waals surface area contributed by atoms with E-state index in [9.17, 15) is 13.9 Å². The van der Waals surface area contributed by atoms with Crippen LogP contribution in [0, 0.1) is 18.3 Å². The molecule has 2 atom stereocenters. The van der Waals surface area contributed by atoms with E-state index in [1.165, 1.54) is 4.90 Å². The van der Waals surface area contributed by atoms with Crippen molar-refractivity contribution in [2.24, 2.45) is 17.8 Å². The molecule has 2 bridgehead atoms. The van der Waals surface area contributed by atoms with Gasteiger partial charge in [0.1, 0.15) is 18.0 Å². The zero-order valence-corrected chi connectivity index (χ0v) is 23.3. The minimum atomic E-state index is -2.64. The molecule has 0 aromatic carbocycles. The standard InChI is InChI=1S/C27H33F2N9O3/c1-16(15-39)34-21-12-37(14-23(28)29)11-17(2)41-27-25(18(3)35-36(27)4)22-13-38-19(9-32-22)10-33-24(38)6-5-20(21)26(31)40-8-7-30/h5-6,9-10,13,16-17,23,39H,8,11-12,14-15,31H2,1-4H3/b6-5+,26-20+,34-21?. The van der Waals surface area contributed by atoms with Gasteiger partial charge in [-0.25, -0.2) is 18.4 Å². The molecule has 0 amide bonds. The average Bonchev–Trinajstić information content (AvgIpc) is 3.44. The Hall–Kier alpha value is -4.35. The van der Waals surface area contributed by atoms with Crippen molar-refractivity contribution in [3.8, 4) is 23.2 Å². The van der Waals surface area contributed by atoms with Gasteiger partial charge in [0.25, 0.3) is 6.43 Å². The van der Waals surface area contributed by atoms with Gasteiger partial charge in [-0.2, -0.15) is 10.4 Å². The molecule has 0 saturated carbocycles. The Balaban J connectivity index is 1.95. The van der Waals surface area contributed by atoms with Gasteiger partial charge in [0.15, 0.2) is 12.5 Å². The number of nitrogens with zero attached hydrogens (tertiary/aromatic N) is 8. The van der Waals surface area contributed by atoms with Crippen molar-refractivity contribution in [2.75, 3.05) is 32.8 Å². The van der Waals surface area contributed by atoms with Gasteiger partial charge in [0.2, 0.25) is 5.88 Å². The molecule has 0 spiro atoms. The Kier molecular flexibility index (Phi) is 9.31. The summed E-state index contributed by atoms with van der Waals surface area (Å²) >= 11 is 0. The third-order valence-electron chi connectivity index (χ3n) is 6.37. The number of fused-ring (bicyclic) bond motifs is 3. The van der Waals surface area contributed by atoms with Gasteiger partial charge in [-0.1, -0.05) is 0 Å².